The summed E-state index contributed by atoms with van der Waals surface area (Å²) in [5.41, 5.74) is 6.96. The lowest BCUT2D eigenvalue weighted by molar-refractivity contribution is 0.282. The molecule has 0 spiro atoms. The molecule has 1 aromatic heterocycles. The van der Waals surface area contributed by atoms with Crippen LogP contribution in [-0.4, -0.2) is 4.98 Å². The molecule has 0 saturated heterocycles. The summed E-state index contributed by atoms with van der Waals surface area (Å²) in [5, 5.41) is 0. The van der Waals surface area contributed by atoms with E-state index in [-0.39, 0.29) is 17.3 Å². The number of aromatic nitrogens is 1. The van der Waals surface area contributed by atoms with Crippen LogP contribution in [-0.2, 0) is 0 Å². The molecular formula is C12H15FN2O. The van der Waals surface area contributed by atoms with E-state index in [1.165, 1.54) is 12.1 Å². The Bertz CT molecular complexity index is 513. The second kappa shape index (κ2) is 3.56. The van der Waals surface area contributed by atoms with Gasteiger partial charge in [0.2, 0.25) is 5.89 Å². The number of fused-ring (bicyclic) bond motifs is 1. The van der Waals surface area contributed by atoms with Gasteiger partial charge in [0.25, 0.3) is 0 Å². The van der Waals surface area contributed by atoms with Crippen molar-refractivity contribution in [3.05, 3.63) is 29.9 Å². The predicted octanol–water partition coefficient (Wildman–Crippen LogP) is 3.01. The SMILES string of the molecule is CC(C)(C)C(N)c1nc2ccc(F)cc2o1. The van der Waals surface area contributed by atoms with Gasteiger partial charge in [0.1, 0.15) is 11.3 Å². The zero-order chi connectivity index (χ0) is 11.9. The summed E-state index contributed by atoms with van der Waals surface area (Å²) in [6, 6.07) is 3.97. The molecule has 1 atom stereocenters. The van der Waals surface area contributed by atoms with Crippen molar-refractivity contribution in [1.82, 2.24) is 4.98 Å². The lowest BCUT2D eigenvalue weighted by Gasteiger charge is -2.23. The molecule has 0 bridgehead atoms. The first-order valence-corrected chi connectivity index (χ1v) is 5.19. The standard InChI is InChI=1S/C12H15FN2O/c1-12(2,3)10(14)11-15-8-5-4-7(13)6-9(8)16-11/h4-6,10H,14H2,1-3H3. The van der Waals surface area contributed by atoms with Gasteiger partial charge in [0.15, 0.2) is 5.58 Å². The smallest absolute Gasteiger partial charge is 0.212 e. The van der Waals surface area contributed by atoms with Crippen LogP contribution in [0.3, 0.4) is 0 Å². The Balaban J connectivity index is 2.47. The van der Waals surface area contributed by atoms with Crippen molar-refractivity contribution in [1.29, 1.82) is 0 Å². The van der Waals surface area contributed by atoms with Gasteiger partial charge in [-0.15, -0.1) is 0 Å². The van der Waals surface area contributed by atoms with E-state index < -0.39 is 0 Å². The Morgan fingerprint density at radius 2 is 2.06 bits per heavy atom. The average Bonchev–Trinajstić information content (AvgIpc) is 2.57. The quantitative estimate of drug-likeness (QED) is 0.806. The lowest BCUT2D eigenvalue weighted by Crippen LogP contribution is -2.26. The van der Waals surface area contributed by atoms with Gasteiger partial charge in [0.05, 0.1) is 6.04 Å². The van der Waals surface area contributed by atoms with E-state index in [9.17, 15) is 4.39 Å². The first-order chi connectivity index (χ1) is 7.38. The van der Waals surface area contributed by atoms with Crippen molar-refractivity contribution >= 4 is 11.1 Å². The summed E-state index contributed by atoms with van der Waals surface area (Å²) in [6.07, 6.45) is 0. The largest absolute Gasteiger partial charge is 0.439 e. The molecule has 86 valence electrons. The van der Waals surface area contributed by atoms with Crippen molar-refractivity contribution in [2.24, 2.45) is 11.1 Å². The fourth-order valence-corrected chi connectivity index (χ4v) is 1.42. The summed E-state index contributed by atoms with van der Waals surface area (Å²) < 4.78 is 18.4. The van der Waals surface area contributed by atoms with Crippen LogP contribution in [0.25, 0.3) is 11.1 Å². The highest BCUT2D eigenvalue weighted by Gasteiger charge is 2.26. The summed E-state index contributed by atoms with van der Waals surface area (Å²) in [6.45, 7) is 6.02. The predicted molar refractivity (Wildman–Crippen MR) is 60.4 cm³/mol. The first kappa shape index (κ1) is 11.1. The van der Waals surface area contributed by atoms with E-state index in [0.717, 1.165) is 0 Å². The summed E-state index contributed by atoms with van der Waals surface area (Å²) in [4.78, 5) is 4.26. The van der Waals surface area contributed by atoms with Crippen LogP contribution >= 0.6 is 0 Å². The number of nitrogens with zero attached hydrogens (tertiary/aromatic N) is 1. The monoisotopic (exact) mass is 222 g/mol. The van der Waals surface area contributed by atoms with Crippen molar-refractivity contribution in [2.75, 3.05) is 0 Å². The fourth-order valence-electron chi connectivity index (χ4n) is 1.42. The van der Waals surface area contributed by atoms with Gasteiger partial charge in [-0.25, -0.2) is 9.37 Å². The van der Waals surface area contributed by atoms with Crippen molar-refractivity contribution in [3.8, 4) is 0 Å². The number of benzene rings is 1. The van der Waals surface area contributed by atoms with E-state index in [1.54, 1.807) is 6.07 Å². The van der Waals surface area contributed by atoms with Gasteiger partial charge in [-0.3, -0.25) is 0 Å². The first-order valence-electron chi connectivity index (χ1n) is 5.19. The number of hydrogen-bond acceptors (Lipinski definition) is 3. The van der Waals surface area contributed by atoms with E-state index in [4.69, 9.17) is 10.2 Å². The van der Waals surface area contributed by atoms with Crippen molar-refractivity contribution in [2.45, 2.75) is 26.8 Å². The fraction of sp³-hybridized carbons (Fsp3) is 0.417. The molecule has 0 fully saturated rings. The Hall–Kier alpha value is -1.42. The molecule has 2 aromatic rings. The average molecular weight is 222 g/mol. The van der Waals surface area contributed by atoms with Gasteiger partial charge in [-0.1, -0.05) is 20.8 Å². The van der Waals surface area contributed by atoms with Gasteiger partial charge >= 0.3 is 0 Å². The molecule has 0 saturated carbocycles. The highest BCUT2D eigenvalue weighted by Crippen LogP contribution is 2.31. The molecule has 1 unspecified atom stereocenters. The highest BCUT2D eigenvalue weighted by atomic mass is 19.1. The van der Waals surface area contributed by atoms with Gasteiger partial charge in [0, 0.05) is 6.07 Å². The zero-order valence-corrected chi connectivity index (χ0v) is 9.62. The third-order valence-electron chi connectivity index (χ3n) is 2.57. The van der Waals surface area contributed by atoms with Crippen molar-refractivity contribution < 1.29 is 8.81 Å². The third kappa shape index (κ3) is 1.93. The maximum Gasteiger partial charge on any atom is 0.212 e. The molecule has 3 nitrogen and oxygen atoms in total. The Morgan fingerprint density at radius 1 is 1.38 bits per heavy atom. The van der Waals surface area contributed by atoms with E-state index in [0.29, 0.717) is 17.0 Å². The Labute approximate surface area is 93.5 Å². The van der Waals surface area contributed by atoms with Crippen LogP contribution in [0.5, 0.6) is 0 Å². The number of halogens is 1. The minimum absolute atomic E-state index is 0.139. The molecule has 0 aliphatic rings. The summed E-state index contributed by atoms with van der Waals surface area (Å²) in [7, 11) is 0. The molecule has 16 heavy (non-hydrogen) atoms. The maximum atomic E-state index is 13.0. The number of rotatable bonds is 1. The molecule has 1 aromatic carbocycles. The number of hydrogen-bond donors (Lipinski definition) is 1. The van der Waals surface area contributed by atoms with E-state index in [1.807, 2.05) is 20.8 Å². The maximum absolute atomic E-state index is 13.0. The van der Waals surface area contributed by atoms with Crippen LogP contribution in [0.4, 0.5) is 4.39 Å². The molecule has 4 heteroatoms. The molecule has 2 N–H and O–H groups in total. The van der Waals surface area contributed by atoms with Crippen LogP contribution in [0, 0.1) is 11.2 Å². The molecule has 1 heterocycles. The molecule has 0 amide bonds. The van der Waals surface area contributed by atoms with E-state index in [2.05, 4.69) is 4.98 Å². The third-order valence-corrected chi connectivity index (χ3v) is 2.57. The molecule has 0 radical (unpaired) electrons. The minimum atomic E-state index is -0.334. The highest BCUT2D eigenvalue weighted by molar-refractivity contribution is 5.72. The van der Waals surface area contributed by atoms with E-state index >= 15 is 0 Å². The van der Waals surface area contributed by atoms with Crippen LogP contribution in [0.1, 0.15) is 32.7 Å². The zero-order valence-electron chi connectivity index (χ0n) is 9.62. The van der Waals surface area contributed by atoms with Gasteiger partial charge < -0.3 is 10.2 Å². The second-order valence-corrected chi connectivity index (χ2v) is 5.01. The molecular weight excluding hydrogens is 207 g/mol. The topological polar surface area (TPSA) is 52.0 Å². The lowest BCUT2D eigenvalue weighted by atomic mass is 9.87. The minimum Gasteiger partial charge on any atom is -0.439 e. The molecule has 2 rings (SSSR count). The number of nitrogens with two attached hydrogens (primary N) is 1. The second-order valence-electron chi connectivity index (χ2n) is 5.01. The molecule has 0 aliphatic heterocycles. The van der Waals surface area contributed by atoms with Crippen molar-refractivity contribution in [3.63, 3.8) is 0 Å². The Kier molecular flexibility index (Phi) is 2.46. The van der Waals surface area contributed by atoms with Gasteiger partial charge in [-0.05, 0) is 17.5 Å². The molecule has 0 aliphatic carbocycles. The van der Waals surface area contributed by atoms with Crippen LogP contribution in [0.2, 0.25) is 0 Å². The van der Waals surface area contributed by atoms with Gasteiger partial charge in [-0.2, -0.15) is 0 Å². The van der Waals surface area contributed by atoms with Crippen LogP contribution in [0.15, 0.2) is 22.6 Å². The summed E-state index contributed by atoms with van der Waals surface area (Å²) in [5.74, 6) is 0.118. The van der Waals surface area contributed by atoms with Crippen LogP contribution < -0.4 is 5.73 Å². The number of oxazole rings is 1. The summed E-state index contributed by atoms with van der Waals surface area (Å²) >= 11 is 0. The Morgan fingerprint density at radius 3 is 2.69 bits per heavy atom. The normalized spacial score (nSPS) is 14.3.